The molecule has 2 aromatic carbocycles. The van der Waals surface area contributed by atoms with Gasteiger partial charge in [-0.1, -0.05) is 36.5 Å². The van der Waals surface area contributed by atoms with Crippen LogP contribution in [0.1, 0.15) is 39.8 Å². The Labute approximate surface area is 174 Å². The molecule has 1 aromatic heterocycles. The Morgan fingerprint density at radius 2 is 1.90 bits per heavy atom. The number of aromatic nitrogens is 2. The molecule has 0 aliphatic heterocycles. The normalized spacial score (nSPS) is 11.3. The number of aryl methyl sites for hydroxylation is 3. The highest BCUT2D eigenvalue weighted by atomic mass is 32.2. The molecule has 1 amide bonds. The first-order valence-corrected chi connectivity index (χ1v) is 11.4. The van der Waals surface area contributed by atoms with Crippen molar-refractivity contribution in [3.63, 3.8) is 0 Å². The Balaban J connectivity index is 1.83. The van der Waals surface area contributed by atoms with E-state index in [0.717, 1.165) is 23.4 Å². The largest absolute Gasteiger partial charge is 0.296 e. The standard InChI is InChI=1S/C20H22N4O3S2/c1-4-6-18-22-23-20(28-18)21-19(25)17-12-16(10-9-14(17)3)29(26,27)24-15-8-5-7-13(2)11-15/h5,7-12,24H,4,6H2,1-3H3,(H,21,23,25). The highest BCUT2D eigenvalue weighted by molar-refractivity contribution is 7.92. The van der Waals surface area contributed by atoms with Crippen molar-refractivity contribution in [1.29, 1.82) is 0 Å². The maximum absolute atomic E-state index is 12.8. The van der Waals surface area contributed by atoms with Crippen LogP contribution >= 0.6 is 11.3 Å². The molecule has 0 aliphatic carbocycles. The smallest absolute Gasteiger partial charge is 0.261 e. The second kappa shape index (κ2) is 8.71. The predicted octanol–water partition coefficient (Wildman–Crippen LogP) is 4.16. The Kier molecular flexibility index (Phi) is 6.29. The Morgan fingerprint density at radius 3 is 2.62 bits per heavy atom. The van der Waals surface area contributed by atoms with Gasteiger partial charge in [0.25, 0.3) is 15.9 Å². The van der Waals surface area contributed by atoms with Crippen molar-refractivity contribution in [2.75, 3.05) is 10.0 Å². The number of nitrogens with zero attached hydrogens (tertiary/aromatic N) is 2. The number of hydrogen-bond acceptors (Lipinski definition) is 6. The number of hydrogen-bond donors (Lipinski definition) is 2. The van der Waals surface area contributed by atoms with Crippen LogP contribution in [0.5, 0.6) is 0 Å². The minimum atomic E-state index is -3.83. The van der Waals surface area contributed by atoms with Crippen LogP contribution in [0, 0.1) is 13.8 Å². The summed E-state index contributed by atoms with van der Waals surface area (Å²) in [6, 6.07) is 11.5. The molecule has 0 aliphatic rings. The topological polar surface area (TPSA) is 101 Å². The summed E-state index contributed by atoms with van der Waals surface area (Å²) in [4.78, 5) is 12.7. The average Bonchev–Trinajstić information content (AvgIpc) is 3.08. The van der Waals surface area contributed by atoms with E-state index in [1.165, 1.54) is 23.5 Å². The number of carbonyl (C=O) groups excluding carboxylic acids is 1. The van der Waals surface area contributed by atoms with Crippen molar-refractivity contribution in [3.05, 3.63) is 64.2 Å². The molecule has 9 heteroatoms. The van der Waals surface area contributed by atoms with Gasteiger partial charge in [-0.2, -0.15) is 0 Å². The van der Waals surface area contributed by atoms with Crippen LogP contribution in [-0.4, -0.2) is 24.5 Å². The summed E-state index contributed by atoms with van der Waals surface area (Å²) in [6.07, 6.45) is 1.74. The van der Waals surface area contributed by atoms with E-state index in [9.17, 15) is 13.2 Å². The van der Waals surface area contributed by atoms with Crippen LogP contribution in [0.25, 0.3) is 0 Å². The van der Waals surface area contributed by atoms with Gasteiger partial charge in [0.15, 0.2) is 0 Å². The van der Waals surface area contributed by atoms with E-state index < -0.39 is 15.9 Å². The number of rotatable bonds is 7. The van der Waals surface area contributed by atoms with Crippen LogP contribution in [0.4, 0.5) is 10.8 Å². The number of amides is 1. The first kappa shape index (κ1) is 20.9. The fourth-order valence-electron chi connectivity index (χ4n) is 2.72. The van der Waals surface area contributed by atoms with Crippen LogP contribution < -0.4 is 10.0 Å². The summed E-state index contributed by atoms with van der Waals surface area (Å²) < 4.78 is 28.1. The third-order valence-corrected chi connectivity index (χ3v) is 6.46. The van der Waals surface area contributed by atoms with Crippen molar-refractivity contribution in [3.8, 4) is 0 Å². The van der Waals surface area contributed by atoms with Gasteiger partial charge in [-0.25, -0.2) is 8.42 Å². The molecule has 1 heterocycles. The van der Waals surface area contributed by atoms with Gasteiger partial charge < -0.3 is 0 Å². The molecular weight excluding hydrogens is 408 g/mol. The molecule has 0 saturated carbocycles. The Morgan fingerprint density at radius 1 is 1.10 bits per heavy atom. The minimum absolute atomic E-state index is 0.0127. The van der Waals surface area contributed by atoms with Crippen LogP contribution in [0.3, 0.4) is 0 Å². The monoisotopic (exact) mass is 430 g/mol. The first-order chi connectivity index (χ1) is 13.8. The van der Waals surface area contributed by atoms with Crippen molar-refractivity contribution >= 4 is 38.1 Å². The molecule has 3 rings (SSSR count). The molecule has 0 saturated heterocycles. The molecule has 0 unspecified atom stereocenters. The molecule has 2 N–H and O–H groups in total. The third-order valence-electron chi connectivity index (χ3n) is 4.19. The first-order valence-electron chi connectivity index (χ1n) is 9.12. The van der Waals surface area contributed by atoms with Gasteiger partial charge in [0.05, 0.1) is 4.90 Å². The molecular formula is C20H22N4O3S2. The number of nitrogens with one attached hydrogen (secondary N) is 2. The van der Waals surface area contributed by atoms with E-state index in [2.05, 4.69) is 20.2 Å². The van der Waals surface area contributed by atoms with Gasteiger partial charge in [-0.3, -0.25) is 14.8 Å². The van der Waals surface area contributed by atoms with Crippen LogP contribution in [-0.2, 0) is 16.4 Å². The maximum atomic E-state index is 12.8. The van der Waals surface area contributed by atoms with Gasteiger partial charge in [0, 0.05) is 17.7 Å². The number of benzene rings is 2. The van der Waals surface area contributed by atoms with Crippen molar-refractivity contribution < 1.29 is 13.2 Å². The summed E-state index contributed by atoms with van der Waals surface area (Å²) in [5.74, 6) is -0.422. The van der Waals surface area contributed by atoms with Crippen molar-refractivity contribution in [2.24, 2.45) is 0 Å². The van der Waals surface area contributed by atoms with Gasteiger partial charge in [0.2, 0.25) is 5.13 Å². The average molecular weight is 431 g/mol. The third kappa shape index (κ3) is 5.18. The van der Waals surface area contributed by atoms with Gasteiger partial charge in [-0.05, 0) is 55.7 Å². The molecule has 0 atom stereocenters. The minimum Gasteiger partial charge on any atom is -0.296 e. The van der Waals surface area contributed by atoms with E-state index in [0.29, 0.717) is 16.4 Å². The zero-order valence-corrected chi connectivity index (χ0v) is 18.0. The quantitative estimate of drug-likeness (QED) is 0.586. The lowest BCUT2D eigenvalue weighted by Gasteiger charge is -2.11. The highest BCUT2D eigenvalue weighted by Crippen LogP contribution is 2.22. The van der Waals surface area contributed by atoms with E-state index >= 15 is 0 Å². The maximum Gasteiger partial charge on any atom is 0.261 e. The molecule has 29 heavy (non-hydrogen) atoms. The van der Waals surface area contributed by atoms with Crippen LogP contribution in [0.2, 0.25) is 0 Å². The fraction of sp³-hybridized carbons (Fsp3) is 0.250. The lowest BCUT2D eigenvalue weighted by molar-refractivity contribution is 0.102. The van der Waals surface area contributed by atoms with E-state index in [-0.39, 0.29) is 10.5 Å². The molecule has 0 bridgehead atoms. The Bertz CT molecular complexity index is 1140. The SMILES string of the molecule is CCCc1nnc(NC(=O)c2cc(S(=O)(=O)Nc3cccc(C)c3)ccc2C)s1. The fourth-order valence-corrected chi connectivity index (χ4v) is 4.63. The number of sulfonamides is 1. The van der Waals surface area contributed by atoms with E-state index in [1.54, 1.807) is 31.2 Å². The van der Waals surface area contributed by atoms with E-state index in [4.69, 9.17) is 0 Å². The van der Waals surface area contributed by atoms with Gasteiger partial charge in [0.1, 0.15) is 5.01 Å². The van der Waals surface area contributed by atoms with Crippen LogP contribution in [0.15, 0.2) is 47.4 Å². The van der Waals surface area contributed by atoms with Crippen molar-refractivity contribution in [2.45, 2.75) is 38.5 Å². The second-order valence-corrected chi connectivity index (χ2v) is 9.40. The molecule has 0 radical (unpaired) electrons. The zero-order valence-electron chi connectivity index (χ0n) is 16.4. The lowest BCUT2D eigenvalue weighted by Crippen LogP contribution is -2.17. The molecule has 152 valence electrons. The Hall–Kier alpha value is -2.78. The summed E-state index contributed by atoms with van der Waals surface area (Å²) in [5, 5.41) is 11.9. The number of carbonyl (C=O) groups is 1. The van der Waals surface area contributed by atoms with Crippen molar-refractivity contribution in [1.82, 2.24) is 10.2 Å². The molecule has 0 fully saturated rings. The van der Waals surface area contributed by atoms with Gasteiger partial charge >= 0.3 is 0 Å². The molecule has 7 nitrogen and oxygen atoms in total. The molecule has 0 spiro atoms. The lowest BCUT2D eigenvalue weighted by atomic mass is 10.1. The number of anilines is 2. The summed E-state index contributed by atoms with van der Waals surface area (Å²) in [7, 11) is -3.83. The van der Waals surface area contributed by atoms with Gasteiger partial charge in [-0.15, -0.1) is 10.2 Å². The van der Waals surface area contributed by atoms with E-state index in [1.807, 2.05) is 19.9 Å². The summed E-state index contributed by atoms with van der Waals surface area (Å²) in [6.45, 7) is 5.67. The summed E-state index contributed by atoms with van der Waals surface area (Å²) in [5.41, 5.74) is 2.34. The predicted molar refractivity (Wildman–Crippen MR) is 115 cm³/mol. The summed E-state index contributed by atoms with van der Waals surface area (Å²) >= 11 is 1.31. The molecule has 3 aromatic rings. The second-order valence-electron chi connectivity index (χ2n) is 6.66. The highest BCUT2D eigenvalue weighted by Gasteiger charge is 2.19. The zero-order chi connectivity index (χ0) is 21.0.